The number of hydrogen-bond acceptors (Lipinski definition) is 4. The molecule has 0 radical (unpaired) electrons. The standard InChI is InChI=1S/C17H15F2N3.2CH2O/c1-11-2-4-12(5-3-11)16-10-15(17(18)19)21-22(16)14-8-6-13(20)7-9-14;2*1-2/h2-10,17H,20H2,1H3;2*1H2. The fourth-order valence-electron chi connectivity index (χ4n) is 2.25. The van der Waals surface area contributed by atoms with E-state index in [1.165, 1.54) is 10.7 Å². The Morgan fingerprint density at radius 2 is 1.50 bits per heavy atom. The van der Waals surface area contributed by atoms with Crippen LogP contribution in [0.1, 0.15) is 17.7 Å². The van der Waals surface area contributed by atoms with Crippen LogP contribution >= 0.6 is 0 Å². The number of nitrogens with zero attached hydrogens (tertiary/aromatic N) is 2. The van der Waals surface area contributed by atoms with E-state index in [1.807, 2.05) is 44.8 Å². The molecule has 1 heterocycles. The first-order chi connectivity index (χ1) is 12.5. The summed E-state index contributed by atoms with van der Waals surface area (Å²) >= 11 is 0. The van der Waals surface area contributed by atoms with Gasteiger partial charge in [0.15, 0.2) is 0 Å². The fourth-order valence-corrected chi connectivity index (χ4v) is 2.25. The van der Waals surface area contributed by atoms with E-state index < -0.39 is 6.43 Å². The van der Waals surface area contributed by atoms with Crippen molar-refractivity contribution in [3.8, 4) is 16.9 Å². The largest absolute Gasteiger partial charge is 0.399 e. The Morgan fingerprint density at radius 3 is 2.00 bits per heavy atom. The Hall–Kier alpha value is -3.35. The van der Waals surface area contributed by atoms with E-state index in [0.29, 0.717) is 17.1 Å². The van der Waals surface area contributed by atoms with Crippen molar-refractivity contribution < 1.29 is 18.4 Å². The van der Waals surface area contributed by atoms with Crippen LogP contribution in [0.4, 0.5) is 14.5 Å². The maximum absolute atomic E-state index is 13.0. The van der Waals surface area contributed by atoms with E-state index in [-0.39, 0.29) is 5.69 Å². The summed E-state index contributed by atoms with van der Waals surface area (Å²) in [5.41, 5.74) is 9.30. The molecule has 0 unspecified atom stereocenters. The summed E-state index contributed by atoms with van der Waals surface area (Å²) in [7, 11) is 0. The lowest BCUT2D eigenvalue weighted by Gasteiger charge is -2.08. The Kier molecular flexibility index (Phi) is 7.82. The number of benzene rings is 2. The maximum Gasteiger partial charge on any atom is 0.282 e. The van der Waals surface area contributed by atoms with Crippen LogP contribution in [-0.4, -0.2) is 23.4 Å². The van der Waals surface area contributed by atoms with Gasteiger partial charge < -0.3 is 15.3 Å². The molecule has 136 valence electrons. The molecule has 3 aromatic rings. The summed E-state index contributed by atoms with van der Waals surface area (Å²) in [5, 5.41) is 4.03. The molecule has 7 heteroatoms. The number of hydrogen-bond donors (Lipinski definition) is 1. The second kappa shape index (κ2) is 9.83. The van der Waals surface area contributed by atoms with Gasteiger partial charge in [0.25, 0.3) is 6.43 Å². The zero-order chi connectivity index (χ0) is 19.7. The number of nitrogens with two attached hydrogens (primary N) is 1. The number of carbonyl (C=O) groups excluding carboxylic acids is 2. The van der Waals surface area contributed by atoms with Crippen LogP contribution < -0.4 is 5.73 Å². The second-order valence-corrected chi connectivity index (χ2v) is 5.12. The highest BCUT2D eigenvalue weighted by Gasteiger charge is 2.17. The van der Waals surface area contributed by atoms with Gasteiger partial charge in [0.05, 0.1) is 11.4 Å². The summed E-state index contributed by atoms with van der Waals surface area (Å²) in [6.07, 6.45) is -2.61. The molecule has 1 aromatic heterocycles. The minimum atomic E-state index is -2.61. The molecule has 3 rings (SSSR count). The molecule has 5 nitrogen and oxygen atoms in total. The minimum absolute atomic E-state index is 0.243. The van der Waals surface area contributed by atoms with Crippen molar-refractivity contribution in [1.82, 2.24) is 9.78 Å². The first-order valence-electron chi connectivity index (χ1n) is 7.43. The molecule has 0 bridgehead atoms. The van der Waals surface area contributed by atoms with Gasteiger partial charge in [-0.05, 0) is 37.3 Å². The van der Waals surface area contributed by atoms with Gasteiger partial charge in [-0.25, -0.2) is 13.5 Å². The van der Waals surface area contributed by atoms with Crippen LogP contribution in [0.15, 0.2) is 54.6 Å². The molecular formula is C19H19F2N3O2. The van der Waals surface area contributed by atoms with Crippen molar-refractivity contribution in [1.29, 1.82) is 0 Å². The zero-order valence-electron chi connectivity index (χ0n) is 14.2. The number of rotatable bonds is 3. The normalized spacial score (nSPS) is 9.69. The van der Waals surface area contributed by atoms with Crippen molar-refractivity contribution in [3.63, 3.8) is 0 Å². The average Bonchev–Trinajstić information content (AvgIpc) is 3.12. The SMILES string of the molecule is C=O.C=O.Cc1ccc(-c2cc(C(F)F)nn2-c2ccc(N)cc2)cc1. The Balaban J connectivity index is 0.000000791. The van der Waals surface area contributed by atoms with E-state index in [1.54, 1.807) is 24.3 Å². The fraction of sp³-hybridized carbons (Fsp3) is 0.105. The van der Waals surface area contributed by atoms with Crippen LogP contribution in [0.25, 0.3) is 16.9 Å². The third kappa shape index (κ3) is 4.83. The Labute approximate surface area is 150 Å². The van der Waals surface area contributed by atoms with E-state index in [2.05, 4.69) is 5.10 Å². The van der Waals surface area contributed by atoms with Gasteiger partial charge in [-0.2, -0.15) is 5.10 Å². The Bertz CT molecular complexity index is 751. The van der Waals surface area contributed by atoms with Gasteiger partial charge >= 0.3 is 0 Å². The van der Waals surface area contributed by atoms with Gasteiger partial charge in [0.2, 0.25) is 0 Å². The van der Waals surface area contributed by atoms with Gasteiger partial charge in [-0.3, -0.25) is 0 Å². The van der Waals surface area contributed by atoms with E-state index in [4.69, 9.17) is 15.3 Å². The van der Waals surface area contributed by atoms with Crippen molar-refractivity contribution >= 4 is 19.3 Å². The summed E-state index contributed by atoms with van der Waals surface area (Å²) < 4.78 is 27.6. The highest BCUT2D eigenvalue weighted by Crippen LogP contribution is 2.28. The van der Waals surface area contributed by atoms with Crippen LogP contribution in [0, 0.1) is 6.92 Å². The summed E-state index contributed by atoms with van der Waals surface area (Å²) in [4.78, 5) is 16.0. The first kappa shape index (κ1) is 20.7. The number of nitrogen functional groups attached to an aromatic ring is 1. The molecule has 2 N–H and O–H groups in total. The second-order valence-electron chi connectivity index (χ2n) is 5.12. The van der Waals surface area contributed by atoms with Crippen LogP contribution in [0.2, 0.25) is 0 Å². The number of anilines is 1. The Morgan fingerprint density at radius 1 is 0.962 bits per heavy atom. The molecule has 0 amide bonds. The van der Waals surface area contributed by atoms with E-state index >= 15 is 0 Å². The molecule has 26 heavy (non-hydrogen) atoms. The third-order valence-electron chi connectivity index (χ3n) is 3.44. The average molecular weight is 359 g/mol. The van der Waals surface area contributed by atoms with Crippen molar-refractivity contribution in [2.75, 3.05) is 5.73 Å². The predicted octanol–water partition coefficient (Wildman–Crippen LogP) is 4.00. The lowest BCUT2D eigenvalue weighted by Crippen LogP contribution is -2.00. The highest BCUT2D eigenvalue weighted by atomic mass is 19.3. The summed E-state index contributed by atoms with van der Waals surface area (Å²) in [6, 6.07) is 16.1. The number of aromatic nitrogens is 2. The molecule has 0 atom stereocenters. The summed E-state index contributed by atoms with van der Waals surface area (Å²) in [6.45, 7) is 5.98. The quantitative estimate of drug-likeness (QED) is 0.717. The monoisotopic (exact) mass is 359 g/mol. The zero-order valence-corrected chi connectivity index (χ0v) is 14.2. The van der Waals surface area contributed by atoms with Crippen molar-refractivity contribution in [3.05, 3.63) is 65.9 Å². The van der Waals surface area contributed by atoms with Gasteiger partial charge in [0, 0.05) is 11.3 Å². The van der Waals surface area contributed by atoms with Gasteiger partial charge in [-0.15, -0.1) is 0 Å². The number of carbonyl (C=O) groups is 2. The summed E-state index contributed by atoms with van der Waals surface area (Å²) in [5.74, 6) is 0. The molecule has 0 aliphatic carbocycles. The van der Waals surface area contributed by atoms with Crippen LogP contribution in [0.5, 0.6) is 0 Å². The van der Waals surface area contributed by atoms with Crippen LogP contribution in [0.3, 0.4) is 0 Å². The lowest BCUT2D eigenvalue weighted by atomic mass is 10.1. The highest BCUT2D eigenvalue weighted by molar-refractivity contribution is 5.63. The topological polar surface area (TPSA) is 78.0 Å². The maximum atomic E-state index is 13.0. The van der Waals surface area contributed by atoms with Gasteiger partial charge in [0.1, 0.15) is 19.3 Å². The predicted molar refractivity (Wildman–Crippen MR) is 97.3 cm³/mol. The molecule has 0 spiro atoms. The minimum Gasteiger partial charge on any atom is -0.399 e. The molecule has 0 saturated carbocycles. The number of halogens is 2. The lowest BCUT2D eigenvalue weighted by molar-refractivity contribution is -0.0987. The first-order valence-corrected chi connectivity index (χ1v) is 7.43. The number of alkyl halides is 2. The van der Waals surface area contributed by atoms with Crippen LogP contribution in [-0.2, 0) is 9.59 Å². The molecule has 2 aromatic carbocycles. The molecular weight excluding hydrogens is 340 g/mol. The van der Waals surface area contributed by atoms with E-state index in [0.717, 1.165) is 11.1 Å². The van der Waals surface area contributed by atoms with Crippen molar-refractivity contribution in [2.24, 2.45) is 0 Å². The van der Waals surface area contributed by atoms with Crippen molar-refractivity contribution in [2.45, 2.75) is 13.3 Å². The molecule has 0 fully saturated rings. The number of aryl methyl sites for hydroxylation is 1. The smallest absolute Gasteiger partial charge is 0.282 e. The molecule has 0 aliphatic rings. The van der Waals surface area contributed by atoms with Gasteiger partial charge in [-0.1, -0.05) is 29.8 Å². The molecule has 0 aliphatic heterocycles. The van der Waals surface area contributed by atoms with E-state index in [9.17, 15) is 8.78 Å². The third-order valence-corrected chi connectivity index (χ3v) is 3.44. The molecule has 0 saturated heterocycles.